The predicted octanol–water partition coefficient (Wildman–Crippen LogP) is 1.99. The van der Waals surface area contributed by atoms with Crippen molar-refractivity contribution in [1.82, 2.24) is 9.55 Å². The molecule has 0 saturated heterocycles. The number of hydrogen-bond acceptors (Lipinski definition) is 5. The van der Waals surface area contributed by atoms with Crippen LogP contribution in [0.5, 0.6) is 0 Å². The van der Waals surface area contributed by atoms with Crippen LogP contribution < -0.4 is 10.9 Å². The van der Waals surface area contributed by atoms with Crippen molar-refractivity contribution in [2.45, 2.75) is 6.54 Å². The molecular weight excluding hydrogens is 332 g/mol. The topological polar surface area (TPSA) is 85.6 Å². The Bertz CT molecular complexity index is 1080. The molecule has 0 radical (unpaired) electrons. The Kier molecular flexibility index (Phi) is 3.96. The number of amides is 1. The van der Waals surface area contributed by atoms with E-state index in [0.29, 0.717) is 23.3 Å². The molecular formula is C19H16N4O3. The van der Waals surface area contributed by atoms with Gasteiger partial charge in [-0.15, -0.1) is 0 Å². The predicted molar refractivity (Wildman–Crippen MR) is 95.9 cm³/mol. The zero-order chi connectivity index (χ0) is 18.1. The lowest BCUT2D eigenvalue weighted by Gasteiger charge is -2.07. The molecule has 4 rings (SSSR count). The van der Waals surface area contributed by atoms with Gasteiger partial charge in [-0.3, -0.25) is 9.36 Å². The van der Waals surface area contributed by atoms with Crippen LogP contribution in [0.3, 0.4) is 0 Å². The Labute approximate surface area is 149 Å². The minimum atomic E-state index is -0.448. The van der Waals surface area contributed by atoms with Crippen LogP contribution >= 0.6 is 0 Å². The first kappa shape index (κ1) is 16.0. The van der Waals surface area contributed by atoms with E-state index in [1.807, 2.05) is 28.8 Å². The van der Waals surface area contributed by atoms with Crippen LogP contribution in [0.4, 0.5) is 5.82 Å². The average molecular weight is 348 g/mol. The van der Waals surface area contributed by atoms with E-state index in [4.69, 9.17) is 0 Å². The summed E-state index contributed by atoms with van der Waals surface area (Å²) in [5, 5.41) is 4.32. The number of nitrogens with zero attached hydrogens (tertiary/aromatic N) is 3. The van der Waals surface area contributed by atoms with Crippen LogP contribution in [0.2, 0.25) is 0 Å². The molecule has 0 bridgehead atoms. The van der Waals surface area contributed by atoms with E-state index in [1.54, 1.807) is 24.3 Å². The second-order valence-electron chi connectivity index (χ2n) is 5.84. The standard InChI is InChI=1S/C19H16N4O3/c1-26-18(25)13-8-6-12(7-9-13)17(24)22-19-21-15-5-3-2-4-14(15)16-20-10-11-23(16)19/h2-9,20H,10-11H2,1H3. The first-order valence-corrected chi connectivity index (χ1v) is 8.18. The zero-order valence-corrected chi connectivity index (χ0v) is 14.1. The minimum absolute atomic E-state index is 0.366. The van der Waals surface area contributed by atoms with Gasteiger partial charge in [0.05, 0.1) is 18.2 Å². The van der Waals surface area contributed by atoms with Gasteiger partial charge in [0, 0.05) is 24.0 Å². The Morgan fingerprint density at radius 2 is 1.85 bits per heavy atom. The second kappa shape index (κ2) is 6.44. The molecule has 0 atom stereocenters. The van der Waals surface area contributed by atoms with Crippen molar-refractivity contribution < 1.29 is 14.3 Å². The van der Waals surface area contributed by atoms with Gasteiger partial charge in [0.15, 0.2) is 0 Å². The summed E-state index contributed by atoms with van der Waals surface area (Å²) in [7, 11) is 1.31. The molecule has 1 N–H and O–H groups in total. The van der Waals surface area contributed by atoms with E-state index in [1.165, 1.54) is 7.11 Å². The molecule has 1 aliphatic heterocycles. The fourth-order valence-corrected chi connectivity index (χ4v) is 2.98. The van der Waals surface area contributed by atoms with Crippen molar-refractivity contribution in [3.8, 4) is 0 Å². The number of carbonyl (C=O) groups is 2. The monoisotopic (exact) mass is 348 g/mol. The highest BCUT2D eigenvalue weighted by Gasteiger charge is 2.16. The van der Waals surface area contributed by atoms with Crippen molar-refractivity contribution in [2.24, 2.45) is 4.99 Å². The lowest BCUT2D eigenvalue weighted by atomic mass is 10.1. The summed E-state index contributed by atoms with van der Waals surface area (Å²) < 4.78 is 6.56. The van der Waals surface area contributed by atoms with Crippen molar-refractivity contribution >= 4 is 28.6 Å². The highest BCUT2D eigenvalue weighted by Crippen LogP contribution is 2.22. The van der Waals surface area contributed by atoms with E-state index in [9.17, 15) is 9.59 Å². The molecule has 1 aromatic heterocycles. The summed E-state index contributed by atoms with van der Waals surface area (Å²) in [5.41, 5.74) is 1.91. The number of benzene rings is 2. The Balaban J connectivity index is 1.77. The van der Waals surface area contributed by atoms with Gasteiger partial charge in [0.1, 0.15) is 5.82 Å². The highest BCUT2D eigenvalue weighted by atomic mass is 16.5. The van der Waals surface area contributed by atoms with Gasteiger partial charge in [-0.1, -0.05) is 12.1 Å². The highest BCUT2D eigenvalue weighted by molar-refractivity contribution is 5.97. The molecule has 0 spiro atoms. The van der Waals surface area contributed by atoms with Gasteiger partial charge in [0.25, 0.3) is 5.91 Å². The maximum absolute atomic E-state index is 12.5. The molecule has 0 aliphatic carbocycles. The maximum Gasteiger partial charge on any atom is 0.337 e. The third kappa shape index (κ3) is 2.73. The van der Waals surface area contributed by atoms with Gasteiger partial charge in [0.2, 0.25) is 5.62 Å². The van der Waals surface area contributed by atoms with Crippen LogP contribution in [0.1, 0.15) is 20.7 Å². The van der Waals surface area contributed by atoms with E-state index in [-0.39, 0.29) is 0 Å². The van der Waals surface area contributed by atoms with Crippen LogP contribution in [0, 0.1) is 0 Å². The Hall–Kier alpha value is -3.48. The van der Waals surface area contributed by atoms with Gasteiger partial charge in [-0.25, -0.2) is 9.78 Å². The molecule has 26 heavy (non-hydrogen) atoms. The number of carbonyl (C=O) groups excluding carboxylic acids is 2. The molecule has 7 heteroatoms. The fourth-order valence-electron chi connectivity index (χ4n) is 2.98. The van der Waals surface area contributed by atoms with Crippen LogP contribution in [0.15, 0.2) is 53.5 Å². The van der Waals surface area contributed by atoms with Crippen LogP contribution in [-0.2, 0) is 11.3 Å². The Morgan fingerprint density at radius 3 is 2.62 bits per heavy atom. The smallest absolute Gasteiger partial charge is 0.337 e. The van der Waals surface area contributed by atoms with Crippen LogP contribution in [0.25, 0.3) is 10.9 Å². The van der Waals surface area contributed by atoms with Gasteiger partial charge >= 0.3 is 5.97 Å². The number of fused-ring (bicyclic) bond motifs is 3. The van der Waals surface area contributed by atoms with Gasteiger partial charge in [-0.05, 0) is 36.4 Å². The average Bonchev–Trinajstić information content (AvgIpc) is 3.18. The first-order chi connectivity index (χ1) is 12.7. The fraction of sp³-hybridized carbons (Fsp3) is 0.158. The number of methoxy groups -OCH3 is 1. The molecule has 1 amide bonds. The van der Waals surface area contributed by atoms with Crippen molar-refractivity contribution in [3.63, 3.8) is 0 Å². The summed E-state index contributed by atoms with van der Waals surface area (Å²) in [6, 6.07) is 13.9. The molecule has 0 unspecified atom stereocenters. The molecule has 0 saturated carbocycles. The third-order valence-electron chi connectivity index (χ3n) is 4.27. The third-order valence-corrected chi connectivity index (χ3v) is 4.27. The summed E-state index contributed by atoms with van der Waals surface area (Å²) in [4.78, 5) is 32.8. The minimum Gasteiger partial charge on any atom is -0.465 e. The molecule has 0 fully saturated rings. The van der Waals surface area contributed by atoms with E-state index in [0.717, 1.165) is 23.3 Å². The van der Waals surface area contributed by atoms with Gasteiger partial charge < -0.3 is 10.1 Å². The summed E-state index contributed by atoms with van der Waals surface area (Å²) in [6.07, 6.45) is 0. The molecule has 130 valence electrons. The number of rotatable bonds is 2. The number of esters is 1. The second-order valence-corrected chi connectivity index (χ2v) is 5.84. The number of ether oxygens (including phenoxy) is 1. The molecule has 1 aliphatic rings. The zero-order valence-electron chi connectivity index (χ0n) is 14.1. The van der Waals surface area contributed by atoms with E-state index in [2.05, 4.69) is 20.0 Å². The summed E-state index contributed by atoms with van der Waals surface area (Å²) >= 11 is 0. The number of para-hydroxylation sites is 1. The van der Waals surface area contributed by atoms with E-state index < -0.39 is 11.9 Å². The Morgan fingerprint density at radius 1 is 1.12 bits per heavy atom. The van der Waals surface area contributed by atoms with Crippen molar-refractivity contribution in [1.29, 1.82) is 0 Å². The summed E-state index contributed by atoms with van der Waals surface area (Å²) in [5.74, 6) is 0.0607. The molecule has 2 heterocycles. The molecule has 3 aromatic rings. The number of aromatic nitrogens is 2. The van der Waals surface area contributed by atoms with E-state index >= 15 is 0 Å². The summed E-state index contributed by atoms with van der Waals surface area (Å²) in [6.45, 7) is 1.46. The first-order valence-electron chi connectivity index (χ1n) is 8.18. The SMILES string of the molecule is COC(=O)c1ccc(C(=O)N=c2nc3ccccc3c3n2CCN3)cc1. The quantitative estimate of drug-likeness (QED) is 0.716. The lowest BCUT2D eigenvalue weighted by molar-refractivity contribution is 0.0600. The number of hydrogen-bond donors (Lipinski definition) is 1. The number of nitrogens with one attached hydrogen (secondary N) is 1. The molecule has 2 aromatic carbocycles. The van der Waals surface area contributed by atoms with Gasteiger partial charge in [-0.2, -0.15) is 4.99 Å². The molecule has 7 nitrogen and oxygen atoms in total. The largest absolute Gasteiger partial charge is 0.465 e. The lowest BCUT2D eigenvalue weighted by Crippen LogP contribution is -2.24. The maximum atomic E-state index is 12.5. The number of anilines is 1. The van der Waals surface area contributed by atoms with Crippen LogP contribution in [-0.4, -0.2) is 35.1 Å². The van der Waals surface area contributed by atoms with Crippen molar-refractivity contribution in [3.05, 3.63) is 65.3 Å². The normalized spacial score (nSPS) is 13.3. The van der Waals surface area contributed by atoms with Crippen molar-refractivity contribution in [2.75, 3.05) is 19.0 Å².